The molecule has 7 heteroatoms. The predicted molar refractivity (Wildman–Crippen MR) is 105 cm³/mol. The van der Waals surface area contributed by atoms with Gasteiger partial charge in [0, 0.05) is 20.1 Å². The Balaban J connectivity index is 1.81. The Kier molecular flexibility index (Phi) is 6.73. The van der Waals surface area contributed by atoms with Gasteiger partial charge in [-0.3, -0.25) is 4.79 Å². The van der Waals surface area contributed by atoms with Gasteiger partial charge in [0.1, 0.15) is 11.6 Å². The number of nitrogens with zero attached hydrogens (tertiary/aromatic N) is 2. The Morgan fingerprint density at radius 1 is 1.18 bits per heavy atom. The van der Waals surface area contributed by atoms with E-state index in [-0.39, 0.29) is 24.3 Å². The molecule has 0 radical (unpaired) electrons. The lowest BCUT2D eigenvalue weighted by Gasteiger charge is -2.22. The number of halogens is 1. The Morgan fingerprint density at radius 3 is 2.54 bits per heavy atom. The number of benzene rings is 2. The number of hydrazone groups is 1. The first kappa shape index (κ1) is 20.0. The molecular formula is C21H24FN3O3. The highest BCUT2D eigenvalue weighted by molar-refractivity contribution is 6.03. The molecule has 0 aliphatic carbocycles. The van der Waals surface area contributed by atoms with Gasteiger partial charge in [-0.1, -0.05) is 12.1 Å². The number of amides is 1. The van der Waals surface area contributed by atoms with Gasteiger partial charge in [-0.05, 0) is 47.5 Å². The second kappa shape index (κ2) is 9.43. The minimum atomic E-state index is -0.308. The van der Waals surface area contributed by atoms with Crippen molar-refractivity contribution in [3.05, 3.63) is 65.5 Å². The molecule has 1 heterocycles. The molecule has 2 aromatic carbocycles. The molecule has 1 amide bonds. The van der Waals surface area contributed by atoms with Gasteiger partial charge >= 0.3 is 0 Å². The molecule has 0 bridgehead atoms. The summed E-state index contributed by atoms with van der Waals surface area (Å²) < 4.78 is 23.5. The van der Waals surface area contributed by atoms with Crippen LogP contribution in [0.4, 0.5) is 4.39 Å². The zero-order chi connectivity index (χ0) is 19.9. The third-order valence-corrected chi connectivity index (χ3v) is 4.60. The van der Waals surface area contributed by atoms with E-state index >= 15 is 0 Å². The molecule has 1 aliphatic rings. The van der Waals surface area contributed by atoms with Gasteiger partial charge in [0.25, 0.3) is 5.91 Å². The summed E-state index contributed by atoms with van der Waals surface area (Å²) in [5, 5.41) is 9.13. The maximum absolute atomic E-state index is 13.3. The Morgan fingerprint density at radius 2 is 1.89 bits per heavy atom. The highest BCUT2D eigenvalue weighted by atomic mass is 19.1. The molecule has 0 aromatic heterocycles. The van der Waals surface area contributed by atoms with Gasteiger partial charge in [0.15, 0.2) is 0 Å². The molecule has 148 valence electrons. The second-order valence-electron chi connectivity index (χ2n) is 6.45. The molecule has 0 saturated heterocycles. The largest absolute Gasteiger partial charge is 0.497 e. The van der Waals surface area contributed by atoms with Crippen LogP contribution in [0.5, 0.6) is 5.75 Å². The topological polar surface area (TPSA) is 63.2 Å². The molecule has 1 unspecified atom stereocenters. The summed E-state index contributed by atoms with van der Waals surface area (Å²) >= 11 is 0. The molecular weight excluding hydrogens is 361 g/mol. The van der Waals surface area contributed by atoms with Crippen LogP contribution in [0.3, 0.4) is 0 Å². The van der Waals surface area contributed by atoms with Gasteiger partial charge in [0.05, 0.1) is 32.0 Å². The van der Waals surface area contributed by atoms with E-state index in [0.717, 1.165) is 22.6 Å². The molecule has 1 atom stereocenters. The number of hydrogen-bond acceptors (Lipinski definition) is 5. The van der Waals surface area contributed by atoms with Crippen molar-refractivity contribution in [2.45, 2.75) is 12.5 Å². The van der Waals surface area contributed by atoms with Crippen LogP contribution in [-0.4, -0.2) is 50.5 Å². The van der Waals surface area contributed by atoms with Gasteiger partial charge in [-0.2, -0.15) is 5.10 Å². The molecule has 0 fully saturated rings. The van der Waals surface area contributed by atoms with Crippen LogP contribution in [0.1, 0.15) is 23.6 Å². The first-order valence-corrected chi connectivity index (χ1v) is 9.11. The van der Waals surface area contributed by atoms with E-state index in [4.69, 9.17) is 9.47 Å². The van der Waals surface area contributed by atoms with Crippen LogP contribution in [0.2, 0.25) is 0 Å². The van der Waals surface area contributed by atoms with E-state index in [1.54, 1.807) is 26.4 Å². The third-order valence-electron chi connectivity index (χ3n) is 4.60. The van der Waals surface area contributed by atoms with Crippen molar-refractivity contribution in [2.75, 3.05) is 33.9 Å². The summed E-state index contributed by atoms with van der Waals surface area (Å²) in [5.74, 6) is 0.304. The van der Waals surface area contributed by atoms with Crippen molar-refractivity contribution in [3.8, 4) is 5.75 Å². The number of hydrogen-bond donors (Lipinski definition) is 1. The van der Waals surface area contributed by atoms with E-state index in [2.05, 4.69) is 10.4 Å². The molecule has 0 saturated carbocycles. The van der Waals surface area contributed by atoms with Crippen LogP contribution in [0.15, 0.2) is 53.6 Å². The fourth-order valence-electron chi connectivity index (χ4n) is 3.09. The Hall–Kier alpha value is -2.77. The summed E-state index contributed by atoms with van der Waals surface area (Å²) in [5.41, 5.74) is 2.58. The van der Waals surface area contributed by atoms with Gasteiger partial charge in [-0.15, -0.1) is 0 Å². The van der Waals surface area contributed by atoms with E-state index in [1.807, 2.05) is 24.3 Å². The van der Waals surface area contributed by atoms with Crippen molar-refractivity contribution in [3.63, 3.8) is 0 Å². The minimum Gasteiger partial charge on any atom is -0.497 e. The molecule has 3 rings (SSSR count). The number of ether oxygens (including phenoxy) is 2. The van der Waals surface area contributed by atoms with Crippen LogP contribution < -0.4 is 10.1 Å². The van der Waals surface area contributed by atoms with Crippen LogP contribution in [0.25, 0.3) is 0 Å². The quantitative estimate of drug-likeness (QED) is 0.710. The van der Waals surface area contributed by atoms with E-state index in [1.165, 1.54) is 17.1 Å². The lowest BCUT2D eigenvalue weighted by molar-refractivity contribution is -0.132. The fourth-order valence-corrected chi connectivity index (χ4v) is 3.09. The molecule has 1 N–H and O–H groups in total. The normalized spacial score (nSPS) is 16.2. The summed E-state index contributed by atoms with van der Waals surface area (Å²) in [6, 6.07) is 13.5. The van der Waals surface area contributed by atoms with Crippen molar-refractivity contribution < 1.29 is 18.7 Å². The Bertz CT molecular complexity index is 822. The van der Waals surface area contributed by atoms with Crippen molar-refractivity contribution in [1.29, 1.82) is 0 Å². The van der Waals surface area contributed by atoms with Crippen molar-refractivity contribution in [1.82, 2.24) is 10.3 Å². The molecule has 28 heavy (non-hydrogen) atoms. The monoisotopic (exact) mass is 385 g/mol. The highest BCUT2D eigenvalue weighted by Gasteiger charge is 2.32. The number of methoxy groups -OCH3 is 2. The minimum absolute atomic E-state index is 0.145. The van der Waals surface area contributed by atoms with Crippen molar-refractivity contribution in [2.24, 2.45) is 5.10 Å². The second-order valence-corrected chi connectivity index (χ2v) is 6.45. The van der Waals surface area contributed by atoms with Crippen LogP contribution in [-0.2, 0) is 9.53 Å². The number of nitrogens with one attached hydrogen (secondary N) is 1. The number of carbonyl (C=O) groups is 1. The zero-order valence-electron chi connectivity index (χ0n) is 16.0. The molecule has 2 aromatic rings. The zero-order valence-corrected chi connectivity index (χ0v) is 16.0. The highest BCUT2D eigenvalue weighted by Crippen LogP contribution is 2.33. The lowest BCUT2D eigenvalue weighted by atomic mass is 9.98. The Labute approximate surface area is 163 Å². The summed E-state index contributed by atoms with van der Waals surface area (Å²) in [4.78, 5) is 12.8. The van der Waals surface area contributed by atoms with Crippen molar-refractivity contribution >= 4 is 11.6 Å². The van der Waals surface area contributed by atoms with Gasteiger partial charge in [-0.25, -0.2) is 9.40 Å². The maximum Gasteiger partial charge on any atom is 0.257 e. The fraction of sp³-hybridized carbons (Fsp3) is 0.333. The van der Waals surface area contributed by atoms with Crippen LogP contribution in [0, 0.1) is 5.82 Å². The average molecular weight is 385 g/mol. The summed E-state index contributed by atoms with van der Waals surface area (Å²) in [7, 11) is 3.23. The first-order chi connectivity index (χ1) is 13.6. The van der Waals surface area contributed by atoms with E-state index in [0.29, 0.717) is 19.6 Å². The predicted octanol–water partition coefficient (Wildman–Crippen LogP) is 2.75. The van der Waals surface area contributed by atoms with E-state index in [9.17, 15) is 9.18 Å². The molecule has 1 aliphatic heterocycles. The van der Waals surface area contributed by atoms with Crippen LogP contribution >= 0.6 is 0 Å². The summed E-state index contributed by atoms with van der Waals surface area (Å²) in [6.07, 6.45) is 0.557. The summed E-state index contributed by atoms with van der Waals surface area (Å²) in [6.45, 7) is 1.25. The molecule has 0 spiro atoms. The first-order valence-electron chi connectivity index (χ1n) is 9.11. The lowest BCUT2D eigenvalue weighted by Crippen LogP contribution is -2.36. The number of carbonyl (C=O) groups excluding carboxylic acids is 1. The smallest absolute Gasteiger partial charge is 0.257 e. The maximum atomic E-state index is 13.3. The standard InChI is InChI=1S/C21H24FN3O3/c1-27-12-11-23-14-21(26)25-20(16-3-7-17(22)8-4-16)13-19(24-25)15-5-9-18(28-2)10-6-15/h3-10,20,23H,11-14H2,1-2H3. The molecule has 6 nitrogen and oxygen atoms in total. The van der Waals surface area contributed by atoms with Gasteiger partial charge < -0.3 is 14.8 Å². The third kappa shape index (κ3) is 4.74. The van der Waals surface area contributed by atoms with E-state index < -0.39 is 0 Å². The van der Waals surface area contributed by atoms with Gasteiger partial charge in [0.2, 0.25) is 0 Å². The SMILES string of the molecule is COCCNCC(=O)N1N=C(c2ccc(OC)cc2)CC1c1ccc(F)cc1. The number of rotatable bonds is 8. The average Bonchev–Trinajstić information content (AvgIpc) is 3.17.